The van der Waals surface area contributed by atoms with Crippen LogP contribution in [0.3, 0.4) is 0 Å². The number of benzene rings is 1. The first-order chi connectivity index (χ1) is 12.6. The van der Waals surface area contributed by atoms with Crippen molar-refractivity contribution in [1.82, 2.24) is 4.98 Å². The predicted octanol–water partition coefficient (Wildman–Crippen LogP) is 4.32. The summed E-state index contributed by atoms with van der Waals surface area (Å²) in [6.45, 7) is 0. The number of anilines is 1. The lowest BCUT2D eigenvalue weighted by atomic mass is 9.80. The van der Waals surface area contributed by atoms with Crippen LogP contribution in [0.4, 0.5) is 5.13 Å². The molecule has 26 heavy (non-hydrogen) atoms. The third kappa shape index (κ3) is 3.03. The number of nitrogens with zero attached hydrogens (tertiary/aromatic N) is 1. The maximum absolute atomic E-state index is 13.2. The van der Waals surface area contributed by atoms with Gasteiger partial charge in [0.2, 0.25) is 5.91 Å². The van der Waals surface area contributed by atoms with Gasteiger partial charge in [0.05, 0.1) is 11.0 Å². The van der Waals surface area contributed by atoms with Crippen LogP contribution in [0.5, 0.6) is 0 Å². The topological polar surface area (TPSA) is 79.3 Å². The van der Waals surface area contributed by atoms with Gasteiger partial charge in [-0.05, 0) is 36.0 Å². The van der Waals surface area contributed by atoms with E-state index in [1.165, 1.54) is 43.4 Å². The van der Waals surface area contributed by atoms with Crippen molar-refractivity contribution in [2.24, 2.45) is 11.8 Å². The van der Waals surface area contributed by atoms with E-state index in [-0.39, 0.29) is 11.5 Å². The third-order valence-electron chi connectivity index (χ3n) is 5.94. The fourth-order valence-corrected chi connectivity index (χ4v) is 5.05. The van der Waals surface area contributed by atoms with Gasteiger partial charge >= 0.3 is 5.97 Å². The van der Waals surface area contributed by atoms with Crippen LogP contribution in [0.15, 0.2) is 35.8 Å². The minimum Gasteiger partial charge on any atom is -0.478 e. The Balaban J connectivity index is 1.63. The second-order valence-corrected chi connectivity index (χ2v) is 8.25. The zero-order valence-corrected chi connectivity index (χ0v) is 15.3. The van der Waals surface area contributed by atoms with Crippen molar-refractivity contribution in [2.75, 3.05) is 5.32 Å². The number of amides is 1. The van der Waals surface area contributed by atoms with Crippen LogP contribution in [0.1, 0.15) is 54.4 Å². The lowest BCUT2D eigenvalue weighted by Gasteiger charge is -2.25. The second-order valence-electron chi connectivity index (χ2n) is 7.35. The van der Waals surface area contributed by atoms with Gasteiger partial charge in [-0.25, -0.2) is 9.78 Å². The van der Waals surface area contributed by atoms with Crippen LogP contribution in [-0.2, 0) is 10.2 Å². The minimum absolute atomic E-state index is 0.00824. The number of hydrogen-bond acceptors (Lipinski definition) is 4. The number of carboxylic acid groups (broad SMARTS) is 1. The second kappa shape index (κ2) is 6.83. The molecule has 2 atom stereocenters. The third-order valence-corrected chi connectivity index (χ3v) is 6.63. The predicted molar refractivity (Wildman–Crippen MR) is 101 cm³/mol. The molecule has 2 saturated carbocycles. The van der Waals surface area contributed by atoms with Gasteiger partial charge in [0.25, 0.3) is 0 Å². The first-order valence-electron chi connectivity index (χ1n) is 9.16. The minimum atomic E-state index is -0.947. The zero-order chi connectivity index (χ0) is 18.1. The molecule has 6 heteroatoms. The number of thiazole rings is 1. The molecule has 1 aromatic heterocycles. The molecule has 0 saturated heterocycles. The van der Waals surface area contributed by atoms with E-state index >= 15 is 0 Å². The Kier molecular flexibility index (Phi) is 4.53. The number of carbonyl (C=O) groups excluding carboxylic acids is 1. The standard InChI is InChI=1S/C20H22N2O3S/c23-17(24)14-6-8-15(9-7-14)20(18(25)22-19-21-10-11-26-19)12-16(20)13-4-2-1-3-5-13/h6-11,13,16H,1-5,12H2,(H,23,24)(H,21,22,25). The molecule has 1 aromatic carbocycles. The Hall–Kier alpha value is -2.21. The van der Waals surface area contributed by atoms with E-state index in [9.17, 15) is 9.59 Å². The molecule has 0 aliphatic heterocycles. The fraction of sp³-hybridized carbons (Fsp3) is 0.450. The highest BCUT2D eigenvalue weighted by molar-refractivity contribution is 7.13. The van der Waals surface area contributed by atoms with Crippen molar-refractivity contribution in [2.45, 2.75) is 43.9 Å². The summed E-state index contributed by atoms with van der Waals surface area (Å²) in [5, 5.41) is 14.6. The summed E-state index contributed by atoms with van der Waals surface area (Å²) in [7, 11) is 0. The van der Waals surface area contributed by atoms with E-state index in [0.29, 0.717) is 17.0 Å². The van der Waals surface area contributed by atoms with E-state index in [1.807, 2.05) is 17.5 Å². The van der Waals surface area contributed by atoms with Crippen molar-refractivity contribution >= 4 is 28.3 Å². The number of nitrogens with one attached hydrogen (secondary N) is 1. The van der Waals surface area contributed by atoms with Crippen molar-refractivity contribution in [3.63, 3.8) is 0 Å². The van der Waals surface area contributed by atoms with Gasteiger partial charge in [0.15, 0.2) is 5.13 Å². The lowest BCUT2D eigenvalue weighted by Crippen LogP contribution is -2.32. The Morgan fingerprint density at radius 2 is 1.88 bits per heavy atom. The first-order valence-corrected chi connectivity index (χ1v) is 10.0. The maximum Gasteiger partial charge on any atom is 0.335 e. The van der Waals surface area contributed by atoms with Gasteiger partial charge in [0.1, 0.15) is 0 Å². The number of rotatable bonds is 5. The fourth-order valence-electron chi connectivity index (χ4n) is 4.52. The molecule has 0 spiro atoms. The van der Waals surface area contributed by atoms with E-state index in [1.54, 1.807) is 18.3 Å². The number of carbonyl (C=O) groups is 2. The molecular formula is C20H22N2O3S. The van der Waals surface area contributed by atoms with Crippen molar-refractivity contribution in [1.29, 1.82) is 0 Å². The van der Waals surface area contributed by atoms with Crippen LogP contribution in [-0.4, -0.2) is 22.0 Å². The highest BCUT2D eigenvalue weighted by Gasteiger charge is 2.63. The Morgan fingerprint density at radius 3 is 2.50 bits per heavy atom. The summed E-state index contributed by atoms with van der Waals surface area (Å²) < 4.78 is 0. The lowest BCUT2D eigenvalue weighted by molar-refractivity contribution is -0.119. The van der Waals surface area contributed by atoms with E-state index in [4.69, 9.17) is 5.11 Å². The van der Waals surface area contributed by atoms with Gasteiger partial charge in [-0.1, -0.05) is 44.2 Å². The van der Waals surface area contributed by atoms with Crippen LogP contribution in [0, 0.1) is 11.8 Å². The normalized spacial score (nSPS) is 25.6. The summed E-state index contributed by atoms with van der Waals surface area (Å²) >= 11 is 1.41. The average Bonchev–Trinajstić information content (AvgIpc) is 3.24. The number of carboxylic acids is 1. The molecule has 0 radical (unpaired) electrons. The molecule has 2 aliphatic rings. The molecule has 4 rings (SSSR count). The molecule has 1 amide bonds. The van der Waals surface area contributed by atoms with E-state index < -0.39 is 11.4 Å². The Morgan fingerprint density at radius 1 is 1.15 bits per heavy atom. The zero-order valence-electron chi connectivity index (χ0n) is 14.5. The molecule has 1 heterocycles. The summed E-state index contributed by atoms with van der Waals surface area (Å²) in [5.74, 6) is -0.0491. The van der Waals surface area contributed by atoms with Gasteiger partial charge < -0.3 is 10.4 Å². The first kappa shape index (κ1) is 17.2. The molecule has 2 unspecified atom stereocenters. The summed E-state index contributed by atoms with van der Waals surface area (Å²) in [6, 6.07) is 6.83. The molecule has 5 nitrogen and oxygen atoms in total. The highest BCUT2D eigenvalue weighted by atomic mass is 32.1. The summed E-state index contributed by atoms with van der Waals surface area (Å²) in [6.07, 6.45) is 8.65. The van der Waals surface area contributed by atoms with E-state index in [2.05, 4.69) is 10.3 Å². The monoisotopic (exact) mass is 370 g/mol. The van der Waals surface area contributed by atoms with Crippen LogP contribution in [0.2, 0.25) is 0 Å². The summed E-state index contributed by atoms with van der Waals surface area (Å²) in [4.78, 5) is 28.5. The quantitative estimate of drug-likeness (QED) is 0.821. The number of aromatic nitrogens is 1. The van der Waals surface area contributed by atoms with Crippen LogP contribution < -0.4 is 5.32 Å². The van der Waals surface area contributed by atoms with E-state index in [0.717, 1.165) is 12.0 Å². The van der Waals surface area contributed by atoms with Gasteiger partial charge in [0, 0.05) is 11.6 Å². The smallest absolute Gasteiger partial charge is 0.335 e. The molecule has 2 aliphatic carbocycles. The van der Waals surface area contributed by atoms with Crippen LogP contribution >= 0.6 is 11.3 Å². The Labute approximate surface area is 156 Å². The molecule has 136 valence electrons. The van der Waals surface area contributed by atoms with Crippen LogP contribution in [0.25, 0.3) is 0 Å². The van der Waals surface area contributed by atoms with Crippen molar-refractivity contribution in [3.8, 4) is 0 Å². The maximum atomic E-state index is 13.2. The molecule has 0 bridgehead atoms. The van der Waals surface area contributed by atoms with Gasteiger partial charge in [-0.15, -0.1) is 11.3 Å². The van der Waals surface area contributed by atoms with Crippen molar-refractivity contribution < 1.29 is 14.7 Å². The van der Waals surface area contributed by atoms with Gasteiger partial charge in [-0.2, -0.15) is 0 Å². The van der Waals surface area contributed by atoms with Gasteiger partial charge in [-0.3, -0.25) is 4.79 Å². The summed E-state index contributed by atoms with van der Waals surface area (Å²) in [5.41, 5.74) is 0.622. The van der Waals surface area contributed by atoms with Crippen molar-refractivity contribution in [3.05, 3.63) is 47.0 Å². The largest absolute Gasteiger partial charge is 0.478 e. The molecule has 2 N–H and O–H groups in total. The highest BCUT2D eigenvalue weighted by Crippen LogP contribution is 2.61. The number of aromatic carboxylic acids is 1. The Bertz CT molecular complexity index is 797. The molecule has 2 aromatic rings. The number of hydrogen-bond donors (Lipinski definition) is 2. The SMILES string of the molecule is O=C(O)c1ccc(C2(C(=O)Nc3nccs3)CC2C2CCCCC2)cc1. The molecule has 2 fully saturated rings. The molecular weight excluding hydrogens is 348 g/mol. The average molecular weight is 370 g/mol.